The zero-order chi connectivity index (χ0) is 9.56. The third-order valence-electron chi connectivity index (χ3n) is 1.90. The molecule has 12 heavy (non-hydrogen) atoms. The second kappa shape index (κ2) is 5.57. The number of carbonyl (C=O) groups is 2. The second-order valence-electron chi connectivity index (χ2n) is 2.92. The Morgan fingerprint density at radius 2 is 2.25 bits per heavy atom. The molecule has 1 unspecified atom stereocenters. The van der Waals surface area contributed by atoms with Gasteiger partial charge in [0.2, 0.25) is 6.41 Å². The molecule has 0 rings (SSSR count). The van der Waals surface area contributed by atoms with E-state index in [9.17, 15) is 9.59 Å². The average Bonchev–Trinajstić information content (AvgIpc) is 2.03. The molecular weight excluding hydrogens is 158 g/mol. The fourth-order valence-corrected chi connectivity index (χ4v) is 0.891. The van der Waals surface area contributed by atoms with Crippen molar-refractivity contribution in [3.63, 3.8) is 0 Å². The van der Waals surface area contributed by atoms with E-state index in [-0.39, 0.29) is 0 Å². The van der Waals surface area contributed by atoms with Gasteiger partial charge in [0.25, 0.3) is 0 Å². The van der Waals surface area contributed by atoms with Crippen LogP contribution in [0.5, 0.6) is 0 Å². The molecule has 0 aromatic carbocycles. The zero-order valence-electron chi connectivity index (χ0n) is 7.41. The zero-order valence-corrected chi connectivity index (χ0v) is 7.41. The number of nitrogens with one attached hydrogen (secondary N) is 1. The van der Waals surface area contributed by atoms with Gasteiger partial charge in [0.05, 0.1) is 0 Å². The molecule has 0 aromatic rings. The van der Waals surface area contributed by atoms with Crippen molar-refractivity contribution >= 4 is 12.4 Å². The number of aliphatic carboxylic acids is 1. The smallest absolute Gasteiger partial charge is 0.326 e. The molecule has 0 aliphatic rings. The number of amides is 1. The van der Waals surface area contributed by atoms with Gasteiger partial charge in [-0.15, -0.1) is 0 Å². The van der Waals surface area contributed by atoms with Gasteiger partial charge < -0.3 is 10.4 Å². The Bertz CT molecular complexity index is 158. The standard InChI is InChI=1S/C8H15NO3/c1-3-6(2)4-7(8(11)12)9-5-10/h5-7H,3-4H2,1-2H3,(H,9,10)(H,11,12)/t6?,7-/m0/s1. The normalized spacial score (nSPS) is 14.8. The molecule has 0 aliphatic heterocycles. The van der Waals surface area contributed by atoms with E-state index in [1.54, 1.807) is 0 Å². The van der Waals surface area contributed by atoms with Gasteiger partial charge in [0.15, 0.2) is 0 Å². The summed E-state index contributed by atoms with van der Waals surface area (Å²) in [5.41, 5.74) is 0. The monoisotopic (exact) mass is 173 g/mol. The Labute approximate surface area is 72.0 Å². The maximum atomic E-state index is 10.5. The molecule has 0 saturated carbocycles. The van der Waals surface area contributed by atoms with Crippen molar-refractivity contribution in [3.05, 3.63) is 0 Å². The molecule has 1 amide bonds. The van der Waals surface area contributed by atoms with E-state index in [1.165, 1.54) is 0 Å². The lowest BCUT2D eigenvalue weighted by Gasteiger charge is -2.14. The maximum Gasteiger partial charge on any atom is 0.326 e. The molecule has 2 atom stereocenters. The van der Waals surface area contributed by atoms with Crippen molar-refractivity contribution in [1.29, 1.82) is 0 Å². The minimum atomic E-state index is -0.970. The Morgan fingerprint density at radius 1 is 1.67 bits per heavy atom. The van der Waals surface area contributed by atoms with Gasteiger partial charge in [0, 0.05) is 0 Å². The largest absolute Gasteiger partial charge is 0.480 e. The highest BCUT2D eigenvalue weighted by Gasteiger charge is 2.18. The van der Waals surface area contributed by atoms with Gasteiger partial charge in [-0.3, -0.25) is 4.79 Å². The first-order valence-electron chi connectivity index (χ1n) is 4.04. The highest BCUT2D eigenvalue weighted by Crippen LogP contribution is 2.09. The molecule has 0 heterocycles. The van der Waals surface area contributed by atoms with E-state index < -0.39 is 12.0 Å². The first-order valence-corrected chi connectivity index (χ1v) is 4.04. The number of rotatable bonds is 6. The van der Waals surface area contributed by atoms with Crippen LogP contribution in [0.4, 0.5) is 0 Å². The summed E-state index contributed by atoms with van der Waals surface area (Å²) in [6.07, 6.45) is 1.84. The molecule has 4 nitrogen and oxygen atoms in total. The van der Waals surface area contributed by atoms with Crippen LogP contribution in [0.1, 0.15) is 26.7 Å². The summed E-state index contributed by atoms with van der Waals surface area (Å²) in [5, 5.41) is 10.9. The number of carboxylic acid groups (broad SMARTS) is 1. The Balaban J connectivity index is 3.94. The predicted octanol–water partition coefficient (Wildman–Crippen LogP) is 0.622. The van der Waals surface area contributed by atoms with Crippen molar-refractivity contribution in [3.8, 4) is 0 Å². The topological polar surface area (TPSA) is 66.4 Å². The van der Waals surface area contributed by atoms with E-state index >= 15 is 0 Å². The molecule has 0 fully saturated rings. The van der Waals surface area contributed by atoms with Crippen LogP contribution in [0.25, 0.3) is 0 Å². The van der Waals surface area contributed by atoms with Crippen LogP contribution < -0.4 is 5.32 Å². The Kier molecular flexibility index (Phi) is 5.08. The lowest BCUT2D eigenvalue weighted by atomic mass is 10.00. The van der Waals surface area contributed by atoms with Gasteiger partial charge in [-0.2, -0.15) is 0 Å². The maximum absolute atomic E-state index is 10.5. The van der Waals surface area contributed by atoms with Crippen LogP contribution in [0.2, 0.25) is 0 Å². The van der Waals surface area contributed by atoms with Gasteiger partial charge in [-0.1, -0.05) is 20.3 Å². The van der Waals surface area contributed by atoms with Gasteiger partial charge in [0.1, 0.15) is 6.04 Å². The van der Waals surface area contributed by atoms with Crippen LogP contribution in [-0.4, -0.2) is 23.5 Å². The molecule has 2 N–H and O–H groups in total. The molecule has 0 spiro atoms. The van der Waals surface area contributed by atoms with Crippen LogP contribution in [0.3, 0.4) is 0 Å². The van der Waals surface area contributed by atoms with Crippen LogP contribution >= 0.6 is 0 Å². The summed E-state index contributed by atoms with van der Waals surface area (Å²) in [7, 11) is 0. The average molecular weight is 173 g/mol. The van der Waals surface area contributed by atoms with Crippen molar-refractivity contribution in [2.24, 2.45) is 5.92 Å². The summed E-state index contributed by atoms with van der Waals surface area (Å²) >= 11 is 0. The summed E-state index contributed by atoms with van der Waals surface area (Å²) < 4.78 is 0. The molecule has 70 valence electrons. The van der Waals surface area contributed by atoms with Crippen molar-refractivity contribution in [2.45, 2.75) is 32.7 Å². The highest BCUT2D eigenvalue weighted by atomic mass is 16.4. The fraction of sp³-hybridized carbons (Fsp3) is 0.750. The summed E-state index contributed by atoms with van der Waals surface area (Å²) in [5.74, 6) is -0.652. The summed E-state index contributed by atoms with van der Waals surface area (Å²) in [4.78, 5) is 20.5. The minimum absolute atomic E-state index is 0.318. The fourth-order valence-electron chi connectivity index (χ4n) is 0.891. The number of carboxylic acids is 1. The third-order valence-corrected chi connectivity index (χ3v) is 1.90. The number of hydrogen-bond acceptors (Lipinski definition) is 2. The first-order chi connectivity index (χ1) is 5.61. The van der Waals surface area contributed by atoms with E-state index in [0.717, 1.165) is 6.42 Å². The van der Waals surface area contributed by atoms with Crippen LogP contribution in [0.15, 0.2) is 0 Å². The second-order valence-corrected chi connectivity index (χ2v) is 2.92. The molecule has 0 aliphatic carbocycles. The van der Waals surface area contributed by atoms with Crippen molar-refractivity contribution in [2.75, 3.05) is 0 Å². The number of hydrogen-bond donors (Lipinski definition) is 2. The minimum Gasteiger partial charge on any atom is -0.480 e. The molecule has 0 radical (unpaired) electrons. The number of carbonyl (C=O) groups excluding carboxylic acids is 1. The van der Waals surface area contributed by atoms with Crippen LogP contribution in [0, 0.1) is 5.92 Å². The SMILES string of the molecule is CCC(C)C[C@H](NC=O)C(=O)O. The highest BCUT2D eigenvalue weighted by molar-refractivity contribution is 5.76. The van der Waals surface area contributed by atoms with Crippen molar-refractivity contribution in [1.82, 2.24) is 5.32 Å². The van der Waals surface area contributed by atoms with E-state index in [1.807, 2.05) is 13.8 Å². The van der Waals surface area contributed by atoms with E-state index in [0.29, 0.717) is 18.7 Å². The van der Waals surface area contributed by atoms with Gasteiger partial charge >= 0.3 is 5.97 Å². The Hall–Kier alpha value is -1.06. The van der Waals surface area contributed by atoms with Gasteiger partial charge in [-0.05, 0) is 12.3 Å². The summed E-state index contributed by atoms with van der Waals surface area (Å²) in [6, 6.07) is -0.738. The molecule has 0 bridgehead atoms. The van der Waals surface area contributed by atoms with Gasteiger partial charge in [-0.25, -0.2) is 4.79 Å². The van der Waals surface area contributed by atoms with Crippen molar-refractivity contribution < 1.29 is 14.7 Å². The predicted molar refractivity (Wildman–Crippen MR) is 44.7 cm³/mol. The first kappa shape index (κ1) is 10.9. The quantitative estimate of drug-likeness (QED) is 0.579. The summed E-state index contributed by atoms with van der Waals surface area (Å²) in [6.45, 7) is 3.95. The van der Waals surface area contributed by atoms with Crippen LogP contribution in [-0.2, 0) is 9.59 Å². The Morgan fingerprint density at radius 3 is 2.58 bits per heavy atom. The lowest BCUT2D eigenvalue weighted by molar-refractivity contribution is -0.141. The van der Waals surface area contributed by atoms with E-state index in [2.05, 4.69) is 5.32 Å². The molecule has 4 heteroatoms. The third kappa shape index (κ3) is 3.95. The molecular formula is C8H15NO3. The molecule has 0 aromatic heterocycles. The molecule has 0 saturated heterocycles. The van der Waals surface area contributed by atoms with E-state index in [4.69, 9.17) is 5.11 Å². The lowest BCUT2D eigenvalue weighted by Crippen LogP contribution is -2.36.